The van der Waals surface area contributed by atoms with E-state index in [4.69, 9.17) is 29.5 Å². The Morgan fingerprint density at radius 1 is 0.477 bits per heavy atom. The second-order valence-corrected chi connectivity index (χ2v) is 10.3. The van der Waals surface area contributed by atoms with Gasteiger partial charge in [0, 0.05) is 0 Å². The van der Waals surface area contributed by atoms with E-state index in [-0.39, 0.29) is 26.4 Å². The fourth-order valence-corrected chi connectivity index (χ4v) is 4.42. The van der Waals surface area contributed by atoms with Gasteiger partial charge in [0.15, 0.2) is 0 Å². The summed E-state index contributed by atoms with van der Waals surface area (Å²) in [6.45, 7) is 0.901. The molecule has 0 heterocycles. The Balaban J connectivity index is 1.45. The van der Waals surface area contributed by atoms with Crippen LogP contribution >= 0.6 is 0 Å². The van der Waals surface area contributed by atoms with Gasteiger partial charge in [-0.25, -0.2) is 0 Å². The van der Waals surface area contributed by atoms with E-state index in [2.05, 4.69) is 12.1 Å². The van der Waals surface area contributed by atoms with Crippen LogP contribution in [0.25, 0.3) is 0 Å². The van der Waals surface area contributed by atoms with E-state index < -0.39 is 24.4 Å². The number of nitriles is 2. The molecule has 0 aliphatic rings. The zero-order valence-corrected chi connectivity index (χ0v) is 24.4. The topological polar surface area (TPSA) is 125 Å². The van der Waals surface area contributed by atoms with E-state index in [1.807, 2.05) is 60.7 Å². The molecule has 0 saturated heterocycles. The standard InChI is InChI=1S/C36H36N2O6/c37-19-27-11-15-31(16-12-27)23-43-33(25-41-21-29-7-3-1-4-8-29)35(39)36(40)34(26-42-22-30-9-5-2-6-10-30)44-24-32-17-13-28(20-38)14-18-32/h1-18,33-36,39-40H,21-26H2/t33-,34-,35-,36-/m1/s1. The van der Waals surface area contributed by atoms with E-state index >= 15 is 0 Å². The first-order valence-corrected chi connectivity index (χ1v) is 14.4. The van der Waals surface area contributed by atoms with Gasteiger partial charge in [-0.05, 0) is 46.5 Å². The summed E-state index contributed by atoms with van der Waals surface area (Å²) in [5.41, 5.74) is 4.60. The number of nitrogens with zero attached hydrogens (tertiary/aromatic N) is 2. The van der Waals surface area contributed by atoms with Crippen molar-refractivity contribution in [2.75, 3.05) is 13.2 Å². The van der Waals surface area contributed by atoms with E-state index in [1.165, 1.54) is 0 Å². The number of aliphatic hydroxyl groups excluding tert-OH is 2. The molecule has 8 nitrogen and oxygen atoms in total. The maximum atomic E-state index is 11.4. The summed E-state index contributed by atoms with van der Waals surface area (Å²) in [4.78, 5) is 0. The molecule has 0 fully saturated rings. The monoisotopic (exact) mass is 592 g/mol. The highest BCUT2D eigenvalue weighted by Crippen LogP contribution is 2.18. The molecule has 2 N–H and O–H groups in total. The molecule has 0 aliphatic carbocycles. The summed E-state index contributed by atoms with van der Waals surface area (Å²) in [5.74, 6) is 0. The Morgan fingerprint density at radius 3 is 1.16 bits per heavy atom. The normalized spacial score (nSPS) is 13.7. The van der Waals surface area contributed by atoms with Gasteiger partial charge in [-0.3, -0.25) is 0 Å². The molecule has 4 rings (SSSR count). The Kier molecular flexibility index (Phi) is 13.1. The molecule has 0 saturated carbocycles. The van der Waals surface area contributed by atoms with Gasteiger partial charge in [0.2, 0.25) is 0 Å². The lowest BCUT2D eigenvalue weighted by atomic mass is 10.0. The average molecular weight is 593 g/mol. The van der Waals surface area contributed by atoms with Crippen molar-refractivity contribution in [1.82, 2.24) is 0 Å². The molecule has 4 aromatic carbocycles. The van der Waals surface area contributed by atoms with Crippen LogP contribution in [0.3, 0.4) is 0 Å². The number of benzene rings is 4. The third-order valence-electron chi connectivity index (χ3n) is 6.99. The first kappa shape index (κ1) is 32.5. The molecule has 0 amide bonds. The van der Waals surface area contributed by atoms with Crippen LogP contribution in [-0.4, -0.2) is 47.8 Å². The lowest BCUT2D eigenvalue weighted by Gasteiger charge is -2.32. The number of hydrogen-bond donors (Lipinski definition) is 2. The fraction of sp³-hybridized carbons (Fsp3) is 0.278. The van der Waals surface area contributed by atoms with E-state index in [9.17, 15) is 10.2 Å². The molecular formula is C36H36N2O6. The summed E-state index contributed by atoms with van der Waals surface area (Å²) < 4.78 is 24.0. The third-order valence-corrected chi connectivity index (χ3v) is 6.99. The van der Waals surface area contributed by atoms with Crippen LogP contribution in [0.15, 0.2) is 109 Å². The van der Waals surface area contributed by atoms with Crippen LogP contribution in [-0.2, 0) is 45.4 Å². The number of hydrogen-bond acceptors (Lipinski definition) is 8. The number of rotatable bonds is 17. The number of ether oxygens (including phenoxy) is 4. The van der Waals surface area contributed by atoms with Gasteiger partial charge in [0.05, 0.1) is 62.9 Å². The molecule has 226 valence electrons. The molecule has 0 spiro atoms. The van der Waals surface area contributed by atoms with Crippen molar-refractivity contribution >= 4 is 0 Å². The Hall–Kier alpha value is -4.38. The fourth-order valence-electron chi connectivity index (χ4n) is 4.42. The predicted molar refractivity (Wildman–Crippen MR) is 164 cm³/mol. The van der Waals surface area contributed by atoms with Crippen molar-refractivity contribution in [3.05, 3.63) is 143 Å². The van der Waals surface area contributed by atoms with Gasteiger partial charge in [-0.15, -0.1) is 0 Å². The zero-order valence-electron chi connectivity index (χ0n) is 24.4. The lowest BCUT2D eigenvalue weighted by molar-refractivity contribution is -0.170. The van der Waals surface area contributed by atoms with Crippen LogP contribution in [0, 0.1) is 22.7 Å². The first-order chi connectivity index (χ1) is 21.6. The van der Waals surface area contributed by atoms with Gasteiger partial charge in [0.1, 0.15) is 24.4 Å². The largest absolute Gasteiger partial charge is 0.388 e. The van der Waals surface area contributed by atoms with Crippen LogP contribution in [0.2, 0.25) is 0 Å². The van der Waals surface area contributed by atoms with Crippen LogP contribution in [0.5, 0.6) is 0 Å². The van der Waals surface area contributed by atoms with Gasteiger partial charge in [-0.2, -0.15) is 10.5 Å². The van der Waals surface area contributed by atoms with Gasteiger partial charge >= 0.3 is 0 Å². The minimum absolute atomic E-state index is 0.0105. The molecule has 0 bridgehead atoms. The van der Waals surface area contributed by atoms with Crippen molar-refractivity contribution in [2.24, 2.45) is 0 Å². The molecule has 0 unspecified atom stereocenters. The smallest absolute Gasteiger partial charge is 0.111 e. The van der Waals surface area contributed by atoms with Gasteiger partial charge in [0.25, 0.3) is 0 Å². The van der Waals surface area contributed by atoms with Crippen LogP contribution < -0.4 is 0 Å². The van der Waals surface area contributed by atoms with E-state index in [0.29, 0.717) is 24.3 Å². The summed E-state index contributed by atoms with van der Waals surface area (Å²) in [6.07, 6.45) is -4.56. The molecule has 0 aromatic heterocycles. The quantitative estimate of drug-likeness (QED) is 0.174. The molecule has 8 heteroatoms. The summed E-state index contributed by atoms with van der Waals surface area (Å²) in [7, 11) is 0. The SMILES string of the molecule is N#Cc1ccc(CO[C@H](COCc2ccccc2)[C@@H](O)[C@H](O)[C@@H](COCc2ccccc2)OCc2ccc(C#N)cc2)cc1. The maximum absolute atomic E-state index is 11.4. The van der Waals surface area contributed by atoms with Crippen LogP contribution in [0.1, 0.15) is 33.4 Å². The molecule has 0 radical (unpaired) electrons. The summed E-state index contributed by atoms with van der Waals surface area (Å²) in [5, 5.41) is 41.0. The minimum Gasteiger partial charge on any atom is -0.388 e. The highest BCUT2D eigenvalue weighted by Gasteiger charge is 2.34. The Morgan fingerprint density at radius 2 is 0.818 bits per heavy atom. The van der Waals surface area contributed by atoms with E-state index in [0.717, 1.165) is 22.3 Å². The molecule has 4 aromatic rings. The second-order valence-electron chi connectivity index (χ2n) is 10.3. The van der Waals surface area contributed by atoms with Crippen molar-refractivity contribution in [2.45, 2.75) is 50.8 Å². The summed E-state index contributed by atoms with van der Waals surface area (Å²) >= 11 is 0. The van der Waals surface area contributed by atoms with Crippen molar-refractivity contribution in [3.8, 4) is 12.1 Å². The van der Waals surface area contributed by atoms with E-state index in [1.54, 1.807) is 48.5 Å². The van der Waals surface area contributed by atoms with Crippen LogP contribution in [0.4, 0.5) is 0 Å². The highest BCUT2D eigenvalue weighted by molar-refractivity contribution is 5.32. The highest BCUT2D eigenvalue weighted by atomic mass is 16.6. The maximum Gasteiger partial charge on any atom is 0.111 e. The van der Waals surface area contributed by atoms with Crippen molar-refractivity contribution < 1.29 is 29.2 Å². The van der Waals surface area contributed by atoms with Gasteiger partial charge in [-0.1, -0.05) is 84.9 Å². The zero-order chi connectivity index (χ0) is 31.0. The Bertz CT molecular complexity index is 1350. The molecule has 44 heavy (non-hydrogen) atoms. The minimum atomic E-state index is -1.38. The third kappa shape index (κ3) is 10.4. The molecular weight excluding hydrogens is 556 g/mol. The molecule has 4 atom stereocenters. The predicted octanol–water partition coefficient (Wildman–Crippen LogP) is 5.06. The number of aliphatic hydroxyl groups is 2. The lowest BCUT2D eigenvalue weighted by Crippen LogP contribution is -2.49. The molecule has 0 aliphatic heterocycles. The second kappa shape index (κ2) is 17.7. The van der Waals surface area contributed by atoms with Crippen molar-refractivity contribution in [3.63, 3.8) is 0 Å². The first-order valence-electron chi connectivity index (χ1n) is 14.4. The van der Waals surface area contributed by atoms with Gasteiger partial charge < -0.3 is 29.2 Å². The average Bonchev–Trinajstić information content (AvgIpc) is 3.08. The van der Waals surface area contributed by atoms with Crippen molar-refractivity contribution in [1.29, 1.82) is 10.5 Å². The Labute approximate surface area is 258 Å². The summed E-state index contributed by atoms with van der Waals surface area (Å²) in [6, 6.07) is 37.4.